The van der Waals surface area contributed by atoms with Crippen molar-refractivity contribution in [2.24, 2.45) is 0 Å². The molecule has 1 atom stereocenters. The number of hydrogen-bond donors (Lipinski definition) is 2. The number of carboxylic acids is 1. The van der Waals surface area contributed by atoms with Gasteiger partial charge < -0.3 is 10.4 Å². The first-order valence-electron chi connectivity index (χ1n) is 6.66. The third-order valence-electron chi connectivity index (χ3n) is 2.89. The molecule has 0 fully saturated rings. The Morgan fingerprint density at radius 2 is 1.90 bits per heavy atom. The van der Waals surface area contributed by atoms with Crippen molar-refractivity contribution < 1.29 is 18.3 Å². The maximum atomic E-state index is 11.9. The highest BCUT2D eigenvalue weighted by Crippen LogP contribution is 2.17. The van der Waals surface area contributed by atoms with Gasteiger partial charge >= 0.3 is 5.97 Å². The summed E-state index contributed by atoms with van der Waals surface area (Å²) in [5.41, 5.74) is 0.790. The molecule has 1 rings (SSSR count). The molecular formula is C14H21NO4S. The fourth-order valence-electron chi connectivity index (χ4n) is 1.84. The fraction of sp³-hybridized carbons (Fsp3) is 0.500. The van der Waals surface area contributed by atoms with Gasteiger partial charge in [0.2, 0.25) is 0 Å². The van der Waals surface area contributed by atoms with Crippen LogP contribution in [0.3, 0.4) is 0 Å². The van der Waals surface area contributed by atoms with E-state index in [0.717, 1.165) is 5.69 Å². The molecule has 2 N–H and O–H groups in total. The van der Waals surface area contributed by atoms with Crippen molar-refractivity contribution in [2.75, 3.05) is 11.1 Å². The summed E-state index contributed by atoms with van der Waals surface area (Å²) in [6.45, 7) is 3.72. The molecule has 0 saturated heterocycles. The van der Waals surface area contributed by atoms with Gasteiger partial charge in [0.05, 0.1) is 10.6 Å². The van der Waals surface area contributed by atoms with Crippen LogP contribution in [-0.2, 0) is 14.6 Å². The molecule has 0 radical (unpaired) electrons. The van der Waals surface area contributed by atoms with Crippen molar-refractivity contribution in [2.45, 2.75) is 44.0 Å². The van der Waals surface area contributed by atoms with Crippen molar-refractivity contribution in [3.8, 4) is 0 Å². The number of benzene rings is 1. The lowest BCUT2D eigenvalue weighted by atomic mass is 10.1. The van der Waals surface area contributed by atoms with Crippen LogP contribution >= 0.6 is 0 Å². The van der Waals surface area contributed by atoms with E-state index in [9.17, 15) is 13.2 Å². The summed E-state index contributed by atoms with van der Waals surface area (Å²) in [5.74, 6) is -0.672. The molecule has 0 saturated carbocycles. The number of rotatable bonds is 8. The molecule has 0 aliphatic carbocycles. The summed E-state index contributed by atoms with van der Waals surface area (Å²) in [4.78, 5) is 10.8. The normalized spacial score (nSPS) is 12.9. The summed E-state index contributed by atoms with van der Waals surface area (Å²) >= 11 is 0. The Morgan fingerprint density at radius 1 is 1.30 bits per heavy atom. The lowest BCUT2D eigenvalue weighted by Gasteiger charge is -2.14. The van der Waals surface area contributed by atoms with E-state index < -0.39 is 15.8 Å². The van der Waals surface area contributed by atoms with Crippen molar-refractivity contribution in [1.82, 2.24) is 0 Å². The fourth-order valence-corrected chi connectivity index (χ4v) is 3.17. The smallest absolute Gasteiger partial charge is 0.303 e. The molecule has 6 heteroatoms. The molecule has 112 valence electrons. The standard InChI is InChI=1S/C14H21NO4S/c1-3-10-20(18,19)13-7-5-12(6-8-13)15-11(2)4-9-14(16)17/h5-8,11,15H,3-4,9-10H2,1-2H3,(H,16,17). The molecule has 0 aromatic heterocycles. The van der Waals surface area contributed by atoms with Gasteiger partial charge in [0.1, 0.15) is 0 Å². The monoisotopic (exact) mass is 299 g/mol. The molecule has 0 aliphatic rings. The van der Waals surface area contributed by atoms with Crippen molar-refractivity contribution >= 4 is 21.5 Å². The number of anilines is 1. The molecule has 20 heavy (non-hydrogen) atoms. The van der Waals surface area contributed by atoms with Crippen molar-refractivity contribution in [3.63, 3.8) is 0 Å². The van der Waals surface area contributed by atoms with Crippen LogP contribution in [0, 0.1) is 0 Å². The van der Waals surface area contributed by atoms with Gasteiger partial charge in [-0.15, -0.1) is 0 Å². The highest BCUT2D eigenvalue weighted by molar-refractivity contribution is 7.91. The molecule has 1 aromatic rings. The maximum Gasteiger partial charge on any atom is 0.303 e. The quantitative estimate of drug-likeness (QED) is 0.770. The van der Waals surface area contributed by atoms with Crippen molar-refractivity contribution in [1.29, 1.82) is 0 Å². The van der Waals surface area contributed by atoms with Gasteiger partial charge in [-0.1, -0.05) is 6.92 Å². The Labute approximate surface area is 119 Å². The number of aliphatic carboxylic acids is 1. The predicted molar refractivity (Wildman–Crippen MR) is 78.7 cm³/mol. The molecule has 1 aromatic carbocycles. The van der Waals surface area contributed by atoms with E-state index in [1.54, 1.807) is 24.3 Å². The average molecular weight is 299 g/mol. The second-order valence-electron chi connectivity index (χ2n) is 4.82. The zero-order valence-corrected chi connectivity index (χ0v) is 12.6. The maximum absolute atomic E-state index is 11.9. The van der Waals surface area contributed by atoms with Crippen LogP contribution in [0.4, 0.5) is 5.69 Å². The molecule has 0 amide bonds. The second kappa shape index (κ2) is 7.28. The van der Waals surface area contributed by atoms with Crippen LogP contribution in [0.5, 0.6) is 0 Å². The minimum Gasteiger partial charge on any atom is -0.481 e. The minimum atomic E-state index is -3.18. The molecule has 0 heterocycles. The van der Waals surface area contributed by atoms with E-state index in [-0.39, 0.29) is 18.2 Å². The zero-order chi connectivity index (χ0) is 15.2. The van der Waals surface area contributed by atoms with E-state index >= 15 is 0 Å². The molecule has 0 spiro atoms. The number of nitrogens with one attached hydrogen (secondary N) is 1. The van der Waals surface area contributed by atoms with Gasteiger partial charge in [-0.05, 0) is 44.0 Å². The molecule has 1 unspecified atom stereocenters. The lowest BCUT2D eigenvalue weighted by Crippen LogP contribution is -2.16. The van der Waals surface area contributed by atoms with E-state index in [4.69, 9.17) is 5.11 Å². The minimum absolute atomic E-state index is 0.0178. The summed E-state index contributed by atoms with van der Waals surface area (Å²) < 4.78 is 23.7. The highest BCUT2D eigenvalue weighted by atomic mass is 32.2. The lowest BCUT2D eigenvalue weighted by molar-refractivity contribution is -0.137. The van der Waals surface area contributed by atoms with Gasteiger partial charge in [0.15, 0.2) is 9.84 Å². The van der Waals surface area contributed by atoms with Crippen molar-refractivity contribution in [3.05, 3.63) is 24.3 Å². The van der Waals surface area contributed by atoms with Gasteiger partial charge in [0, 0.05) is 18.2 Å². The van der Waals surface area contributed by atoms with Crippen LogP contribution in [0.1, 0.15) is 33.1 Å². The third kappa shape index (κ3) is 5.21. The predicted octanol–water partition coefficient (Wildman–Crippen LogP) is 2.54. The Kier molecular flexibility index (Phi) is 6.01. The van der Waals surface area contributed by atoms with Crippen LogP contribution < -0.4 is 5.32 Å². The summed E-state index contributed by atoms with van der Waals surface area (Å²) in [6, 6.07) is 6.60. The Bertz CT molecular complexity index is 537. The molecule has 0 bridgehead atoms. The first kappa shape index (κ1) is 16.5. The summed E-state index contributed by atoms with van der Waals surface area (Å²) in [6.07, 6.45) is 1.22. The second-order valence-corrected chi connectivity index (χ2v) is 6.93. The summed E-state index contributed by atoms with van der Waals surface area (Å²) in [7, 11) is -3.18. The van der Waals surface area contributed by atoms with Crippen LogP contribution in [0.15, 0.2) is 29.2 Å². The van der Waals surface area contributed by atoms with E-state index in [1.165, 1.54) is 0 Å². The van der Waals surface area contributed by atoms with Gasteiger partial charge in [-0.2, -0.15) is 0 Å². The number of carbonyl (C=O) groups is 1. The van der Waals surface area contributed by atoms with Gasteiger partial charge in [-0.3, -0.25) is 4.79 Å². The molecular weight excluding hydrogens is 278 g/mol. The zero-order valence-electron chi connectivity index (χ0n) is 11.8. The Hall–Kier alpha value is -1.56. The average Bonchev–Trinajstić information content (AvgIpc) is 2.37. The van der Waals surface area contributed by atoms with Crippen LogP contribution in [-0.4, -0.2) is 31.3 Å². The first-order valence-corrected chi connectivity index (χ1v) is 8.31. The summed E-state index contributed by atoms with van der Waals surface area (Å²) in [5, 5.41) is 11.8. The SMILES string of the molecule is CCCS(=O)(=O)c1ccc(NC(C)CCC(=O)O)cc1. The highest BCUT2D eigenvalue weighted by Gasteiger charge is 2.13. The van der Waals surface area contributed by atoms with E-state index in [1.807, 2.05) is 13.8 Å². The Balaban J connectivity index is 2.65. The molecule has 0 aliphatic heterocycles. The topological polar surface area (TPSA) is 83.5 Å². The van der Waals surface area contributed by atoms with Crippen LogP contribution in [0.25, 0.3) is 0 Å². The van der Waals surface area contributed by atoms with E-state index in [2.05, 4.69) is 5.32 Å². The third-order valence-corrected chi connectivity index (χ3v) is 4.83. The van der Waals surface area contributed by atoms with Gasteiger partial charge in [0.25, 0.3) is 0 Å². The number of hydrogen-bond acceptors (Lipinski definition) is 4. The van der Waals surface area contributed by atoms with Gasteiger partial charge in [-0.25, -0.2) is 8.42 Å². The first-order chi connectivity index (χ1) is 9.35. The Morgan fingerprint density at radius 3 is 2.40 bits per heavy atom. The largest absolute Gasteiger partial charge is 0.481 e. The number of sulfone groups is 1. The molecule has 5 nitrogen and oxygen atoms in total. The number of carboxylic acid groups (broad SMARTS) is 1. The van der Waals surface area contributed by atoms with E-state index in [0.29, 0.717) is 17.7 Å². The van der Waals surface area contributed by atoms with Crippen LogP contribution in [0.2, 0.25) is 0 Å².